The summed E-state index contributed by atoms with van der Waals surface area (Å²) in [5.74, 6) is -0.390. The summed E-state index contributed by atoms with van der Waals surface area (Å²) in [6.45, 7) is 7.01. The Labute approximate surface area is 252 Å². The molecule has 42 heavy (non-hydrogen) atoms. The molecule has 0 aliphatic rings. The number of thiophene rings is 1. The highest BCUT2D eigenvalue weighted by atomic mass is 32.1. The van der Waals surface area contributed by atoms with Crippen molar-refractivity contribution in [1.29, 1.82) is 0 Å². The number of carboxylic acid groups (broad SMARTS) is 1. The van der Waals surface area contributed by atoms with Crippen LogP contribution < -0.4 is 4.74 Å². The quantitative estimate of drug-likeness (QED) is 0.105. The maximum absolute atomic E-state index is 12.8. The fourth-order valence-corrected chi connectivity index (χ4v) is 5.98. The molecule has 2 aromatic heterocycles. The van der Waals surface area contributed by atoms with Crippen molar-refractivity contribution in [2.45, 2.75) is 72.1 Å². The van der Waals surface area contributed by atoms with Crippen LogP contribution in [0.5, 0.6) is 5.75 Å². The van der Waals surface area contributed by atoms with Gasteiger partial charge in [-0.05, 0) is 61.1 Å². The third-order valence-electron chi connectivity index (χ3n) is 7.45. The Morgan fingerprint density at radius 3 is 2.17 bits per heavy atom. The maximum Gasteiger partial charge on any atom is 0.307 e. The van der Waals surface area contributed by atoms with Gasteiger partial charge in [-0.3, -0.25) is 9.59 Å². The summed E-state index contributed by atoms with van der Waals surface area (Å²) in [4.78, 5) is 35.7. The number of benzene rings is 2. The number of nitrogens with zero attached hydrogens (tertiary/aromatic N) is 2. The molecule has 0 bridgehead atoms. The molecule has 4 aromatic rings. The molecule has 2 heterocycles. The van der Waals surface area contributed by atoms with Gasteiger partial charge in [0.1, 0.15) is 5.75 Å². The third kappa shape index (κ3) is 8.58. The lowest BCUT2D eigenvalue weighted by atomic mass is 9.93. The predicted octanol–water partition coefficient (Wildman–Crippen LogP) is 8.61. The Hall–Kier alpha value is -3.84. The van der Waals surface area contributed by atoms with Crippen molar-refractivity contribution in [1.82, 2.24) is 9.97 Å². The molecule has 0 aliphatic heterocycles. The van der Waals surface area contributed by atoms with Gasteiger partial charge in [-0.2, -0.15) is 0 Å². The van der Waals surface area contributed by atoms with Gasteiger partial charge >= 0.3 is 5.97 Å². The van der Waals surface area contributed by atoms with Gasteiger partial charge in [-0.15, -0.1) is 11.3 Å². The molecule has 0 fully saturated rings. The average Bonchev–Trinajstić information content (AvgIpc) is 3.40. The van der Waals surface area contributed by atoms with Crippen LogP contribution in [0, 0.1) is 12.8 Å². The largest absolute Gasteiger partial charge is 0.494 e. The third-order valence-corrected chi connectivity index (χ3v) is 8.87. The Bertz CT molecular complexity index is 1440. The van der Waals surface area contributed by atoms with Crippen LogP contribution in [-0.2, 0) is 17.6 Å². The van der Waals surface area contributed by atoms with Gasteiger partial charge < -0.3 is 9.84 Å². The van der Waals surface area contributed by atoms with Crippen LogP contribution in [-0.4, -0.2) is 33.4 Å². The van der Waals surface area contributed by atoms with E-state index in [1.165, 1.54) is 41.9 Å². The first-order valence-electron chi connectivity index (χ1n) is 14.9. The lowest BCUT2D eigenvalue weighted by molar-refractivity contribution is -0.141. The fraction of sp³-hybridized carbons (Fsp3) is 0.371. The van der Waals surface area contributed by atoms with Crippen molar-refractivity contribution in [3.8, 4) is 28.3 Å². The molecule has 6 nitrogen and oxygen atoms in total. The lowest BCUT2D eigenvalue weighted by Crippen LogP contribution is -2.20. The zero-order chi connectivity index (χ0) is 29.9. The van der Waals surface area contributed by atoms with Crippen LogP contribution in [0.15, 0.2) is 67.0 Å². The minimum atomic E-state index is -0.961. The minimum Gasteiger partial charge on any atom is -0.494 e. The number of ether oxygens (including phenoxy) is 1. The molecule has 0 saturated heterocycles. The molecule has 4 rings (SSSR count). The minimum absolute atomic E-state index is 0.0169. The van der Waals surface area contributed by atoms with Crippen molar-refractivity contribution in [3.63, 3.8) is 0 Å². The van der Waals surface area contributed by atoms with Gasteiger partial charge in [0.15, 0.2) is 11.6 Å². The SMILES string of the molecule is CCCCCCCOc1ccc(-c2cnc(-c3ccc(CC(CC(=O)c4cc(C)c(CC)s4)C(=O)O)cc3)nc2)cc1. The van der Waals surface area contributed by atoms with Crippen LogP contribution in [0.3, 0.4) is 0 Å². The van der Waals surface area contributed by atoms with E-state index in [0.717, 1.165) is 53.0 Å². The molecule has 0 radical (unpaired) electrons. The molecule has 1 N–H and O–H groups in total. The fourth-order valence-electron chi connectivity index (χ4n) is 4.92. The van der Waals surface area contributed by atoms with E-state index in [1.54, 1.807) is 0 Å². The number of carboxylic acids is 1. The Morgan fingerprint density at radius 2 is 1.55 bits per heavy atom. The Morgan fingerprint density at radius 1 is 0.881 bits per heavy atom. The second-order valence-corrected chi connectivity index (χ2v) is 11.9. The smallest absolute Gasteiger partial charge is 0.307 e. The molecular weight excluding hydrogens is 544 g/mol. The summed E-state index contributed by atoms with van der Waals surface area (Å²) in [6.07, 6.45) is 10.8. The predicted molar refractivity (Wildman–Crippen MR) is 169 cm³/mol. The highest BCUT2D eigenvalue weighted by molar-refractivity contribution is 7.14. The first kappa shape index (κ1) is 31.1. The normalized spacial score (nSPS) is 11.8. The average molecular weight is 585 g/mol. The van der Waals surface area contributed by atoms with E-state index >= 15 is 0 Å². The number of aryl methyl sites for hydroxylation is 2. The summed E-state index contributed by atoms with van der Waals surface area (Å²) >= 11 is 1.47. The maximum atomic E-state index is 12.8. The van der Waals surface area contributed by atoms with E-state index in [9.17, 15) is 14.7 Å². The first-order chi connectivity index (χ1) is 20.4. The van der Waals surface area contributed by atoms with E-state index in [0.29, 0.717) is 10.7 Å². The van der Waals surface area contributed by atoms with Crippen LogP contribution >= 0.6 is 11.3 Å². The number of carbonyl (C=O) groups is 2. The topological polar surface area (TPSA) is 89.4 Å². The van der Waals surface area contributed by atoms with Gasteiger partial charge in [0, 0.05) is 34.8 Å². The number of aliphatic carboxylic acids is 1. The highest BCUT2D eigenvalue weighted by Crippen LogP contribution is 2.27. The summed E-state index contributed by atoms with van der Waals surface area (Å²) in [7, 11) is 0. The molecule has 0 aliphatic carbocycles. The number of Topliss-reactive ketones (excluding diaryl/α,β-unsaturated/α-hetero) is 1. The first-order valence-corrected chi connectivity index (χ1v) is 15.7. The summed E-state index contributed by atoms with van der Waals surface area (Å²) in [6, 6.07) is 17.5. The molecular formula is C35H40N2O4S. The summed E-state index contributed by atoms with van der Waals surface area (Å²) in [5.41, 5.74) is 4.73. The van der Waals surface area contributed by atoms with Crippen LogP contribution in [0.25, 0.3) is 22.5 Å². The van der Waals surface area contributed by atoms with E-state index < -0.39 is 11.9 Å². The zero-order valence-electron chi connectivity index (χ0n) is 24.8. The van der Waals surface area contributed by atoms with Crippen molar-refractivity contribution < 1.29 is 19.4 Å². The van der Waals surface area contributed by atoms with Crippen molar-refractivity contribution >= 4 is 23.1 Å². The lowest BCUT2D eigenvalue weighted by Gasteiger charge is -2.12. The van der Waals surface area contributed by atoms with Gasteiger partial charge in [0.25, 0.3) is 0 Å². The molecule has 0 saturated carbocycles. The summed E-state index contributed by atoms with van der Waals surface area (Å²) in [5, 5.41) is 9.80. The van der Waals surface area contributed by atoms with Crippen LogP contribution in [0.2, 0.25) is 0 Å². The standard InChI is InChI=1S/C35H40N2O4S/c1-4-6-7-8-9-18-41-30-16-14-26(15-17-30)29-22-36-34(37-23-29)27-12-10-25(11-13-27)20-28(35(39)40)21-31(38)33-19-24(3)32(5-2)42-33/h10-17,19,22-23,28H,4-9,18,20-21H2,1-3H3,(H,39,40). The van der Waals surface area contributed by atoms with Gasteiger partial charge in [0.2, 0.25) is 0 Å². The monoisotopic (exact) mass is 584 g/mol. The van der Waals surface area contributed by atoms with Crippen molar-refractivity contribution in [3.05, 3.63) is 87.9 Å². The molecule has 0 spiro atoms. The van der Waals surface area contributed by atoms with Crippen molar-refractivity contribution in [2.75, 3.05) is 6.61 Å². The molecule has 0 amide bonds. The molecule has 7 heteroatoms. The number of aromatic nitrogens is 2. The number of rotatable bonds is 16. The number of ketones is 1. The van der Waals surface area contributed by atoms with Gasteiger partial charge in [-0.1, -0.05) is 75.9 Å². The number of hydrogen-bond acceptors (Lipinski definition) is 6. The molecule has 1 unspecified atom stereocenters. The number of hydrogen-bond donors (Lipinski definition) is 1. The van der Waals surface area contributed by atoms with Crippen LogP contribution in [0.4, 0.5) is 0 Å². The van der Waals surface area contributed by atoms with Gasteiger partial charge in [0.05, 0.1) is 17.4 Å². The van der Waals surface area contributed by atoms with Crippen molar-refractivity contribution in [2.24, 2.45) is 5.92 Å². The Kier molecular flexibility index (Phi) is 11.4. The van der Waals surface area contributed by atoms with E-state index in [2.05, 4.69) is 23.8 Å². The number of carbonyl (C=O) groups excluding carboxylic acids is 1. The summed E-state index contributed by atoms with van der Waals surface area (Å²) < 4.78 is 5.87. The second kappa shape index (κ2) is 15.4. The van der Waals surface area contributed by atoms with E-state index in [-0.39, 0.29) is 18.6 Å². The Balaban J connectivity index is 1.33. The van der Waals surface area contributed by atoms with E-state index in [4.69, 9.17) is 4.74 Å². The number of unbranched alkanes of at least 4 members (excludes halogenated alkanes) is 4. The van der Waals surface area contributed by atoms with Gasteiger partial charge in [-0.25, -0.2) is 9.97 Å². The molecule has 1 atom stereocenters. The highest BCUT2D eigenvalue weighted by Gasteiger charge is 2.24. The van der Waals surface area contributed by atoms with Crippen LogP contribution in [0.1, 0.15) is 78.0 Å². The molecule has 220 valence electrons. The second-order valence-electron chi connectivity index (χ2n) is 10.7. The zero-order valence-corrected chi connectivity index (χ0v) is 25.6. The van der Waals surface area contributed by atoms with E-state index in [1.807, 2.05) is 73.9 Å². The molecule has 2 aromatic carbocycles.